The predicted molar refractivity (Wildman–Crippen MR) is 185 cm³/mol. The molecule has 0 aromatic heterocycles. The van der Waals surface area contributed by atoms with Crippen LogP contribution in [0.5, 0.6) is 0 Å². The minimum absolute atomic E-state index is 0.136. The van der Waals surface area contributed by atoms with Gasteiger partial charge in [-0.15, -0.1) is 0 Å². The second-order valence-electron chi connectivity index (χ2n) is 13.8. The molecule has 0 amide bonds. The smallest absolute Gasteiger partial charge is 0.0579 e. The lowest BCUT2D eigenvalue weighted by Crippen LogP contribution is -2.63. The molecule has 0 nitrogen and oxygen atoms in total. The topological polar surface area (TPSA) is 0 Å². The highest BCUT2D eigenvalue weighted by Gasteiger charge is 2.59. The summed E-state index contributed by atoms with van der Waals surface area (Å²) in [6, 6.07) is 45.7. The summed E-state index contributed by atoms with van der Waals surface area (Å²) in [7, 11) is -3.47. The molecule has 0 saturated heterocycles. The van der Waals surface area contributed by atoms with E-state index < -0.39 is 16.1 Å². The number of benzene rings is 6. The van der Waals surface area contributed by atoms with E-state index in [9.17, 15) is 0 Å². The maximum absolute atomic E-state index is 2.61. The second kappa shape index (κ2) is 9.14. The number of rotatable bonds is 4. The molecule has 0 bridgehead atoms. The molecule has 41 heavy (non-hydrogen) atoms. The van der Waals surface area contributed by atoms with Crippen molar-refractivity contribution in [3.05, 3.63) is 132 Å². The lowest BCUT2D eigenvalue weighted by atomic mass is 9.85. The molecule has 0 N–H and O–H groups in total. The first kappa shape index (κ1) is 26.2. The van der Waals surface area contributed by atoms with Crippen LogP contribution in [-0.2, 0) is 4.66 Å². The average molecular weight is 563 g/mol. The van der Waals surface area contributed by atoms with E-state index in [1.165, 1.54) is 54.9 Å². The summed E-state index contributed by atoms with van der Waals surface area (Å²) in [6.07, 6.45) is 0. The first-order chi connectivity index (χ1) is 19.6. The molecule has 0 spiro atoms. The van der Waals surface area contributed by atoms with Gasteiger partial charge in [0.2, 0.25) is 0 Å². The highest BCUT2D eigenvalue weighted by atomic mass is 28.4. The molecule has 0 atom stereocenters. The van der Waals surface area contributed by atoms with Gasteiger partial charge in [0.15, 0.2) is 0 Å². The van der Waals surface area contributed by atoms with Crippen LogP contribution in [0.2, 0.25) is 39.3 Å². The second-order valence-corrected chi connectivity index (χ2v) is 24.8. The molecule has 6 aromatic rings. The van der Waals surface area contributed by atoms with E-state index in [2.05, 4.69) is 161 Å². The Morgan fingerprint density at radius 3 is 1.37 bits per heavy atom. The first-order valence-corrected chi connectivity index (χ1v) is 21.9. The molecule has 0 radical (unpaired) electrons. The third-order valence-corrected chi connectivity index (χ3v) is 19.7. The quantitative estimate of drug-likeness (QED) is 0.148. The number of hydrogen-bond acceptors (Lipinski definition) is 0. The number of hydrogen-bond donors (Lipinski definition) is 0. The van der Waals surface area contributed by atoms with Crippen molar-refractivity contribution in [1.29, 1.82) is 0 Å². The van der Waals surface area contributed by atoms with Gasteiger partial charge in [-0.25, -0.2) is 0 Å². The highest BCUT2D eigenvalue weighted by molar-refractivity contribution is 6.99. The van der Waals surface area contributed by atoms with E-state index >= 15 is 0 Å². The molecule has 1 aliphatic carbocycles. The Bertz CT molecular complexity index is 1880. The van der Waals surface area contributed by atoms with Gasteiger partial charge in [0.05, 0.1) is 16.1 Å². The standard InChI is InChI=1S/C39H38Si2/c1-40(2,3)39(41(4,5)6)35-23-15-14-18-29(35)30-25-24-28(26-36(30)39)38-33-21-12-10-19-31(33)37(27-16-8-7-9-17-27)32-20-11-13-22-34(32)38/h7-26H,1-6H3. The lowest BCUT2D eigenvalue weighted by Gasteiger charge is -2.51. The SMILES string of the molecule is C[Si](C)(C)C1([Si](C)(C)C)c2ccccc2-c2ccc(-c3c4ccccc4c(-c4ccccc4)c4ccccc34)cc21. The third-order valence-electron chi connectivity index (χ3n) is 9.58. The Hall–Kier alpha value is -3.73. The van der Waals surface area contributed by atoms with E-state index in [1.807, 2.05) is 0 Å². The summed E-state index contributed by atoms with van der Waals surface area (Å²) in [5, 5.41) is 5.29. The van der Waals surface area contributed by atoms with Crippen LogP contribution in [-0.4, -0.2) is 16.1 Å². The Balaban J connectivity index is 1.61. The maximum atomic E-state index is 2.61. The van der Waals surface area contributed by atoms with Crippen molar-refractivity contribution in [1.82, 2.24) is 0 Å². The molecule has 0 unspecified atom stereocenters. The van der Waals surface area contributed by atoms with Gasteiger partial charge in [-0.2, -0.15) is 0 Å². The highest BCUT2D eigenvalue weighted by Crippen LogP contribution is 2.58. The van der Waals surface area contributed by atoms with Gasteiger partial charge in [0.25, 0.3) is 0 Å². The van der Waals surface area contributed by atoms with Crippen molar-refractivity contribution in [2.45, 2.75) is 43.9 Å². The summed E-state index contributed by atoms with van der Waals surface area (Å²) in [5.41, 5.74) is 11.4. The minimum atomic E-state index is -1.73. The molecule has 2 heteroatoms. The van der Waals surface area contributed by atoms with Crippen LogP contribution in [0, 0.1) is 0 Å². The molecule has 0 aliphatic heterocycles. The van der Waals surface area contributed by atoms with Gasteiger partial charge >= 0.3 is 0 Å². The predicted octanol–water partition coefficient (Wildman–Crippen LogP) is 11.3. The van der Waals surface area contributed by atoms with Gasteiger partial charge < -0.3 is 0 Å². The van der Waals surface area contributed by atoms with E-state index in [1.54, 1.807) is 11.1 Å². The summed E-state index contributed by atoms with van der Waals surface area (Å²) in [5.74, 6) is 0. The zero-order valence-electron chi connectivity index (χ0n) is 25.0. The Kier molecular flexibility index (Phi) is 5.84. The van der Waals surface area contributed by atoms with Gasteiger partial charge in [-0.3, -0.25) is 0 Å². The van der Waals surface area contributed by atoms with E-state index in [4.69, 9.17) is 0 Å². The normalized spacial score (nSPS) is 14.3. The fourth-order valence-corrected chi connectivity index (χ4v) is 21.6. The summed E-state index contributed by atoms with van der Waals surface area (Å²) in [6.45, 7) is 15.6. The van der Waals surface area contributed by atoms with Crippen molar-refractivity contribution in [2.75, 3.05) is 0 Å². The molecule has 7 rings (SSSR count). The van der Waals surface area contributed by atoms with Crippen molar-refractivity contribution in [3.8, 4) is 33.4 Å². The van der Waals surface area contributed by atoms with Gasteiger partial charge in [-0.05, 0) is 66.1 Å². The molecule has 0 fully saturated rings. The fraction of sp³-hybridized carbons (Fsp3) is 0.179. The Morgan fingerprint density at radius 2 is 0.829 bits per heavy atom. The Morgan fingerprint density at radius 1 is 0.390 bits per heavy atom. The summed E-state index contributed by atoms with van der Waals surface area (Å²) < 4.78 is 0.136. The zero-order chi connectivity index (χ0) is 28.6. The van der Waals surface area contributed by atoms with Gasteiger partial charge in [-0.1, -0.05) is 161 Å². The molecular formula is C39H38Si2. The fourth-order valence-electron chi connectivity index (χ4n) is 8.53. The zero-order valence-corrected chi connectivity index (χ0v) is 27.0. The van der Waals surface area contributed by atoms with Crippen LogP contribution in [0.15, 0.2) is 121 Å². The van der Waals surface area contributed by atoms with Crippen molar-refractivity contribution in [3.63, 3.8) is 0 Å². The van der Waals surface area contributed by atoms with Gasteiger partial charge in [0, 0.05) is 4.66 Å². The first-order valence-electron chi connectivity index (χ1n) is 14.9. The van der Waals surface area contributed by atoms with E-state index in [-0.39, 0.29) is 4.66 Å². The van der Waals surface area contributed by atoms with Crippen molar-refractivity contribution < 1.29 is 0 Å². The van der Waals surface area contributed by atoms with Crippen LogP contribution < -0.4 is 0 Å². The monoisotopic (exact) mass is 562 g/mol. The van der Waals surface area contributed by atoms with Crippen LogP contribution in [0.4, 0.5) is 0 Å². The van der Waals surface area contributed by atoms with Crippen LogP contribution in [0.25, 0.3) is 54.9 Å². The molecule has 6 aromatic carbocycles. The van der Waals surface area contributed by atoms with Crippen LogP contribution in [0.1, 0.15) is 11.1 Å². The molecule has 202 valence electrons. The van der Waals surface area contributed by atoms with E-state index in [0.29, 0.717) is 0 Å². The van der Waals surface area contributed by atoms with Gasteiger partial charge in [0.1, 0.15) is 0 Å². The summed E-state index contributed by atoms with van der Waals surface area (Å²) in [4.78, 5) is 0. The van der Waals surface area contributed by atoms with Crippen LogP contribution >= 0.6 is 0 Å². The third kappa shape index (κ3) is 3.63. The van der Waals surface area contributed by atoms with Crippen LogP contribution in [0.3, 0.4) is 0 Å². The molecule has 0 saturated carbocycles. The molecular weight excluding hydrogens is 525 g/mol. The number of fused-ring (bicyclic) bond motifs is 5. The average Bonchev–Trinajstić information content (AvgIpc) is 3.27. The van der Waals surface area contributed by atoms with Crippen molar-refractivity contribution >= 4 is 37.7 Å². The maximum Gasteiger partial charge on any atom is 0.0579 e. The van der Waals surface area contributed by atoms with Crippen molar-refractivity contribution in [2.24, 2.45) is 0 Å². The Labute approximate surface area is 246 Å². The lowest BCUT2D eigenvalue weighted by molar-refractivity contribution is 0.952. The molecule has 1 aliphatic rings. The largest absolute Gasteiger partial charge is 0.0688 e. The minimum Gasteiger partial charge on any atom is -0.0688 e. The summed E-state index contributed by atoms with van der Waals surface area (Å²) >= 11 is 0. The molecule has 0 heterocycles. The van der Waals surface area contributed by atoms with E-state index in [0.717, 1.165) is 0 Å².